The number of anilines is 2. The Morgan fingerprint density at radius 2 is 2.03 bits per heavy atom. The minimum absolute atomic E-state index is 0.0137. The topological polar surface area (TPSA) is 138 Å². The Hall–Kier alpha value is -4.12. The van der Waals surface area contributed by atoms with E-state index in [9.17, 15) is 9.59 Å². The predicted octanol–water partition coefficient (Wildman–Crippen LogP) is 3.72. The van der Waals surface area contributed by atoms with Crippen LogP contribution in [0.4, 0.5) is 11.5 Å². The number of aromatic nitrogens is 2. The third-order valence-electron chi connectivity index (χ3n) is 5.15. The van der Waals surface area contributed by atoms with Gasteiger partial charge in [-0.25, -0.2) is 15.0 Å². The van der Waals surface area contributed by atoms with Crippen molar-refractivity contribution >= 4 is 39.3 Å². The lowest BCUT2D eigenvalue weighted by Gasteiger charge is -2.11. The number of nitrogens with one attached hydrogen (secondary N) is 2. The first kappa shape index (κ1) is 19.2. The number of nitriles is 1. The van der Waals surface area contributed by atoms with Crippen LogP contribution in [-0.2, 0) is 4.79 Å². The van der Waals surface area contributed by atoms with E-state index in [1.807, 2.05) is 37.3 Å². The summed E-state index contributed by atoms with van der Waals surface area (Å²) in [7, 11) is 0. The molecule has 2 aromatic heterocycles. The van der Waals surface area contributed by atoms with E-state index in [0.29, 0.717) is 22.6 Å². The number of rotatable bonds is 3. The highest BCUT2D eigenvalue weighted by atomic mass is 16.4. The van der Waals surface area contributed by atoms with Crippen LogP contribution in [0.2, 0.25) is 0 Å². The smallest absolute Gasteiger partial charge is 0.408 e. The molecule has 8 heteroatoms. The third-order valence-corrected chi connectivity index (χ3v) is 5.15. The van der Waals surface area contributed by atoms with E-state index in [4.69, 9.17) is 15.4 Å². The Bertz CT molecular complexity index is 1360. The molecular weight excluding hydrogens is 382 g/mol. The van der Waals surface area contributed by atoms with Crippen LogP contribution in [0.5, 0.6) is 0 Å². The van der Waals surface area contributed by atoms with Crippen molar-refractivity contribution in [3.05, 3.63) is 52.6 Å². The van der Waals surface area contributed by atoms with Crippen LogP contribution in [0.3, 0.4) is 0 Å². The zero-order valence-electron chi connectivity index (χ0n) is 16.2. The molecule has 4 aromatic rings. The van der Waals surface area contributed by atoms with E-state index in [1.54, 1.807) is 6.20 Å². The lowest BCUT2D eigenvalue weighted by molar-refractivity contribution is -0.117. The number of amides is 1. The van der Waals surface area contributed by atoms with Crippen molar-refractivity contribution in [2.24, 2.45) is 5.92 Å². The Kier molecular flexibility index (Phi) is 4.72. The second-order valence-electron chi connectivity index (χ2n) is 7.30. The number of aromatic amines is 1. The number of hydrogen-bond donors (Lipinski definition) is 3. The number of aryl methyl sites for hydroxylation is 1. The van der Waals surface area contributed by atoms with Crippen molar-refractivity contribution in [2.45, 2.75) is 19.8 Å². The highest BCUT2D eigenvalue weighted by Crippen LogP contribution is 2.34. The van der Waals surface area contributed by atoms with Crippen molar-refractivity contribution in [1.82, 2.24) is 9.97 Å². The van der Waals surface area contributed by atoms with Crippen LogP contribution < -0.4 is 16.8 Å². The molecule has 0 unspecified atom stereocenters. The molecule has 2 heterocycles. The summed E-state index contributed by atoms with van der Waals surface area (Å²) in [6.07, 6.45) is 3.55. The molecule has 1 fully saturated rings. The van der Waals surface area contributed by atoms with E-state index >= 15 is 0 Å². The lowest BCUT2D eigenvalue weighted by Crippen LogP contribution is -2.14. The fraction of sp³-hybridized carbons (Fsp3) is 0.182. The van der Waals surface area contributed by atoms with Gasteiger partial charge in [-0.15, -0.1) is 0 Å². The molecule has 30 heavy (non-hydrogen) atoms. The normalized spacial score (nSPS) is 13.0. The number of nitrogens with two attached hydrogens (primary N) is 1. The molecule has 0 saturated heterocycles. The first-order chi connectivity index (χ1) is 14.5. The number of nitrogens with zero attached hydrogens (tertiary/aromatic N) is 2. The van der Waals surface area contributed by atoms with Crippen molar-refractivity contribution in [3.63, 3.8) is 0 Å². The number of hydrogen-bond acceptors (Lipinski definition) is 6. The van der Waals surface area contributed by atoms with Crippen LogP contribution >= 0.6 is 0 Å². The molecule has 1 saturated carbocycles. The number of benzene rings is 2. The van der Waals surface area contributed by atoms with Crippen molar-refractivity contribution in [3.8, 4) is 17.7 Å². The minimum Gasteiger partial charge on any atom is -0.408 e. The summed E-state index contributed by atoms with van der Waals surface area (Å²) in [6.45, 7) is 5.47. The van der Waals surface area contributed by atoms with Gasteiger partial charge in [-0.05, 0) is 72.2 Å². The van der Waals surface area contributed by atoms with Crippen LogP contribution in [0.1, 0.15) is 18.4 Å². The van der Waals surface area contributed by atoms with Gasteiger partial charge in [0.25, 0.3) is 0 Å². The summed E-state index contributed by atoms with van der Waals surface area (Å²) >= 11 is 0. The van der Waals surface area contributed by atoms with Gasteiger partial charge in [0.05, 0.1) is 5.52 Å². The number of carbonyl (C=O) groups excluding carboxylic acids is 1. The fourth-order valence-corrected chi connectivity index (χ4v) is 3.50. The average molecular weight is 401 g/mol. The molecule has 5 rings (SSSR count). The van der Waals surface area contributed by atoms with Crippen LogP contribution in [0, 0.1) is 24.7 Å². The van der Waals surface area contributed by atoms with Gasteiger partial charge >= 0.3 is 5.76 Å². The second-order valence-corrected chi connectivity index (χ2v) is 7.30. The molecule has 0 atom stereocenters. The molecule has 2 aromatic carbocycles. The first-order valence-corrected chi connectivity index (χ1v) is 9.38. The Morgan fingerprint density at radius 1 is 1.27 bits per heavy atom. The molecule has 1 aliphatic carbocycles. The van der Waals surface area contributed by atoms with Crippen LogP contribution in [0.25, 0.3) is 33.0 Å². The average Bonchev–Trinajstić information content (AvgIpc) is 3.51. The molecule has 8 nitrogen and oxygen atoms in total. The van der Waals surface area contributed by atoms with Gasteiger partial charge in [0.2, 0.25) is 5.91 Å². The number of nitrogen functional groups attached to an aromatic ring is 1. The molecule has 1 aliphatic rings. The summed E-state index contributed by atoms with van der Waals surface area (Å²) in [6, 6.07) is 9.42. The SMILES string of the molecule is C#N.Cc1cc2[nH]c(=O)oc2cc1-c1cc(N)c2cnc(NC(=O)C3CC3)cc2c1. The molecule has 4 N–H and O–H groups in total. The molecule has 1 amide bonds. The Labute approximate surface area is 171 Å². The van der Waals surface area contributed by atoms with Gasteiger partial charge < -0.3 is 15.5 Å². The van der Waals surface area contributed by atoms with Crippen molar-refractivity contribution in [2.75, 3.05) is 11.1 Å². The minimum atomic E-state index is -0.480. The maximum atomic E-state index is 12.0. The van der Waals surface area contributed by atoms with E-state index in [2.05, 4.69) is 21.9 Å². The summed E-state index contributed by atoms with van der Waals surface area (Å²) in [5.41, 5.74) is 10.8. The van der Waals surface area contributed by atoms with E-state index in [1.165, 1.54) is 0 Å². The van der Waals surface area contributed by atoms with Crippen LogP contribution in [0.15, 0.2) is 45.7 Å². The summed E-state index contributed by atoms with van der Waals surface area (Å²) in [5.74, 6) is 0.162. The zero-order chi connectivity index (χ0) is 21.4. The highest BCUT2D eigenvalue weighted by molar-refractivity contribution is 6.00. The highest BCUT2D eigenvalue weighted by Gasteiger charge is 2.29. The second kappa shape index (κ2) is 7.37. The first-order valence-electron chi connectivity index (χ1n) is 9.38. The molecule has 0 radical (unpaired) electrons. The molecule has 0 bridgehead atoms. The monoisotopic (exact) mass is 401 g/mol. The van der Waals surface area contributed by atoms with E-state index in [0.717, 1.165) is 40.3 Å². The van der Waals surface area contributed by atoms with Crippen molar-refractivity contribution in [1.29, 1.82) is 5.26 Å². The van der Waals surface area contributed by atoms with Gasteiger partial charge in [0.1, 0.15) is 5.82 Å². The number of fused-ring (bicyclic) bond motifs is 2. The maximum absolute atomic E-state index is 12.0. The number of H-pyrrole nitrogens is 1. The van der Waals surface area contributed by atoms with Gasteiger partial charge in [-0.1, -0.05) is 0 Å². The fourth-order valence-electron chi connectivity index (χ4n) is 3.50. The van der Waals surface area contributed by atoms with Gasteiger partial charge in [-0.3, -0.25) is 9.78 Å². The number of pyridine rings is 1. The van der Waals surface area contributed by atoms with E-state index < -0.39 is 5.76 Å². The molecule has 0 spiro atoms. The molecule has 150 valence electrons. The van der Waals surface area contributed by atoms with Crippen LogP contribution in [-0.4, -0.2) is 15.9 Å². The number of carbonyl (C=O) groups is 1. The largest absolute Gasteiger partial charge is 0.417 e. The van der Waals surface area contributed by atoms with E-state index in [-0.39, 0.29) is 11.8 Å². The van der Waals surface area contributed by atoms with Gasteiger partial charge in [-0.2, -0.15) is 0 Å². The van der Waals surface area contributed by atoms with Gasteiger partial charge in [0, 0.05) is 29.8 Å². The summed E-state index contributed by atoms with van der Waals surface area (Å²) in [5, 5.41) is 11.1. The number of oxazole rings is 1. The maximum Gasteiger partial charge on any atom is 0.417 e. The summed E-state index contributed by atoms with van der Waals surface area (Å²) in [4.78, 5) is 30.5. The standard InChI is InChI=1S/C21H18N4O3.CHN/c1-10-4-17-18(28-21(27)24-17)8-14(10)12-5-13-7-19(25-20(26)11-2-3-11)23-9-15(13)16(22)6-12;1-2/h4-9,11H,2-3,22H2,1H3,(H,24,27)(H,23,25,26);1H. The Balaban J connectivity index is 0.00000106. The van der Waals surface area contributed by atoms with Gasteiger partial charge in [0.15, 0.2) is 5.58 Å². The quantitative estimate of drug-likeness (QED) is 0.447. The zero-order valence-corrected chi connectivity index (χ0v) is 16.2. The van der Waals surface area contributed by atoms with Crippen molar-refractivity contribution < 1.29 is 9.21 Å². The predicted molar refractivity (Wildman–Crippen MR) is 115 cm³/mol. The summed E-state index contributed by atoms with van der Waals surface area (Å²) < 4.78 is 5.19. The third kappa shape index (κ3) is 3.49. The molecular formula is C22H19N5O3. The lowest BCUT2D eigenvalue weighted by atomic mass is 9.97. The Morgan fingerprint density at radius 3 is 2.77 bits per heavy atom. The molecule has 0 aliphatic heterocycles.